The van der Waals surface area contributed by atoms with Crippen LogP contribution in [0.2, 0.25) is 0 Å². The van der Waals surface area contributed by atoms with Crippen LogP contribution in [0, 0.1) is 0 Å². The van der Waals surface area contributed by atoms with E-state index in [9.17, 15) is 4.79 Å². The van der Waals surface area contributed by atoms with Gasteiger partial charge < -0.3 is 4.57 Å². The lowest BCUT2D eigenvalue weighted by Crippen LogP contribution is -2.20. The number of amides is 1. The largest absolute Gasteiger partial charge is 0.339 e. The van der Waals surface area contributed by atoms with Crippen LogP contribution in [0.5, 0.6) is 0 Å². The number of nitrogens with one attached hydrogen (secondary N) is 1. The third-order valence-electron chi connectivity index (χ3n) is 4.93. The summed E-state index contributed by atoms with van der Waals surface area (Å²) in [7, 11) is 0. The highest BCUT2D eigenvalue weighted by Crippen LogP contribution is 2.34. The number of para-hydroxylation sites is 1. The fourth-order valence-corrected chi connectivity index (χ4v) is 3.87. The van der Waals surface area contributed by atoms with Crippen LogP contribution in [-0.2, 0) is 19.4 Å². The second-order valence-electron chi connectivity index (χ2n) is 6.35. The van der Waals surface area contributed by atoms with Gasteiger partial charge in [0.05, 0.1) is 11.1 Å². The molecule has 2 N–H and O–H groups in total. The third kappa shape index (κ3) is 2.39. The van der Waals surface area contributed by atoms with Crippen LogP contribution in [-0.4, -0.2) is 15.7 Å². The second-order valence-corrected chi connectivity index (χ2v) is 6.35. The normalized spacial score (nSPS) is 13.7. The van der Waals surface area contributed by atoms with Crippen molar-refractivity contribution in [2.75, 3.05) is 0 Å². The first-order valence-corrected chi connectivity index (χ1v) is 8.41. The molecule has 24 heavy (non-hydrogen) atoms. The molecule has 3 aromatic rings. The predicted molar refractivity (Wildman–Crippen MR) is 93.4 cm³/mol. The molecular weight excluding hydrogens is 300 g/mol. The number of hydrogen-bond acceptors (Lipinski definition) is 2. The Morgan fingerprint density at radius 3 is 2.62 bits per heavy atom. The van der Waals surface area contributed by atoms with Gasteiger partial charge in [0, 0.05) is 17.6 Å². The van der Waals surface area contributed by atoms with E-state index in [1.165, 1.54) is 29.7 Å². The van der Waals surface area contributed by atoms with Gasteiger partial charge in [-0.25, -0.2) is 5.48 Å². The molecule has 1 aliphatic rings. The van der Waals surface area contributed by atoms with Gasteiger partial charge in [-0.3, -0.25) is 10.0 Å². The zero-order chi connectivity index (χ0) is 16.5. The van der Waals surface area contributed by atoms with Crippen molar-refractivity contribution in [1.82, 2.24) is 10.0 Å². The Balaban J connectivity index is 1.97. The number of benzene rings is 2. The van der Waals surface area contributed by atoms with Crippen LogP contribution in [0.15, 0.2) is 48.5 Å². The third-order valence-corrected chi connectivity index (χ3v) is 4.93. The van der Waals surface area contributed by atoms with Crippen molar-refractivity contribution in [2.24, 2.45) is 0 Å². The summed E-state index contributed by atoms with van der Waals surface area (Å²) in [5.74, 6) is -0.454. The minimum Gasteiger partial charge on any atom is -0.339 e. The summed E-state index contributed by atoms with van der Waals surface area (Å²) in [6.45, 7) is 0.738. The Labute approximate surface area is 140 Å². The fraction of sp³-hybridized carbons (Fsp3) is 0.250. The predicted octanol–water partition coefficient (Wildman–Crippen LogP) is 3.69. The summed E-state index contributed by atoms with van der Waals surface area (Å²) in [5, 5.41) is 10.3. The van der Waals surface area contributed by atoms with Crippen molar-refractivity contribution in [3.8, 4) is 0 Å². The Morgan fingerprint density at radius 2 is 1.83 bits per heavy atom. The quantitative estimate of drug-likeness (QED) is 0.571. The van der Waals surface area contributed by atoms with E-state index in [0.29, 0.717) is 5.56 Å². The molecule has 4 nitrogen and oxygen atoms in total. The molecule has 0 atom stereocenters. The van der Waals surface area contributed by atoms with Crippen LogP contribution in [0.3, 0.4) is 0 Å². The first-order valence-electron chi connectivity index (χ1n) is 8.41. The molecule has 0 radical (unpaired) electrons. The Bertz CT molecular complexity index is 897. The van der Waals surface area contributed by atoms with E-state index in [-0.39, 0.29) is 0 Å². The lowest BCUT2D eigenvalue weighted by atomic mass is 9.95. The van der Waals surface area contributed by atoms with Crippen molar-refractivity contribution < 1.29 is 10.0 Å². The number of nitrogens with zero attached hydrogens (tertiary/aromatic N) is 1. The van der Waals surface area contributed by atoms with Gasteiger partial charge in [0.15, 0.2) is 0 Å². The van der Waals surface area contributed by atoms with Crippen molar-refractivity contribution in [3.05, 3.63) is 70.9 Å². The van der Waals surface area contributed by atoms with Gasteiger partial charge in [-0.2, -0.15) is 0 Å². The molecule has 0 unspecified atom stereocenters. The summed E-state index contributed by atoms with van der Waals surface area (Å²) in [5.41, 5.74) is 7.15. The Morgan fingerprint density at radius 1 is 1.04 bits per heavy atom. The van der Waals surface area contributed by atoms with Crippen LogP contribution >= 0.6 is 0 Å². The number of rotatable bonds is 3. The first kappa shape index (κ1) is 15.0. The van der Waals surface area contributed by atoms with E-state index in [0.717, 1.165) is 30.3 Å². The summed E-state index contributed by atoms with van der Waals surface area (Å²) in [6.07, 6.45) is 4.46. The monoisotopic (exact) mass is 320 g/mol. The molecule has 1 amide bonds. The minimum atomic E-state index is -0.454. The van der Waals surface area contributed by atoms with Crippen LogP contribution in [0.4, 0.5) is 0 Å². The number of carbonyl (C=O) groups is 1. The number of aryl methyl sites for hydroxylation is 1. The molecule has 4 heteroatoms. The minimum absolute atomic E-state index is 0.454. The van der Waals surface area contributed by atoms with E-state index in [1.807, 2.05) is 24.3 Å². The highest BCUT2D eigenvalue weighted by molar-refractivity contribution is 6.06. The first-order chi connectivity index (χ1) is 11.8. The molecule has 0 fully saturated rings. The molecule has 0 spiro atoms. The zero-order valence-corrected chi connectivity index (χ0v) is 13.5. The highest BCUT2D eigenvalue weighted by Gasteiger charge is 2.23. The number of aromatic nitrogens is 1. The Hall–Kier alpha value is -2.59. The van der Waals surface area contributed by atoms with Gasteiger partial charge in [-0.1, -0.05) is 42.5 Å². The fourth-order valence-electron chi connectivity index (χ4n) is 3.87. The molecule has 122 valence electrons. The maximum absolute atomic E-state index is 12.2. The molecule has 0 saturated heterocycles. The average Bonchev–Trinajstić information content (AvgIpc) is 2.96. The van der Waals surface area contributed by atoms with E-state index in [1.54, 1.807) is 11.5 Å². The van der Waals surface area contributed by atoms with Gasteiger partial charge in [-0.15, -0.1) is 0 Å². The molecule has 1 heterocycles. The van der Waals surface area contributed by atoms with Gasteiger partial charge >= 0.3 is 0 Å². The summed E-state index contributed by atoms with van der Waals surface area (Å²) >= 11 is 0. The number of carbonyl (C=O) groups excluding carboxylic acids is 1. The average molecular weight is 320 g/mol. The zero-order valence-electron chi connectivity index (χ0n) is 13.5. The van der Waals surface area contributed by atoms with Crippen molar-refractivity contribution in [3.63, 3.8) is 0 Å². The van der Waals surface area contributed by atoms with Crippen LogP contribution in [0.1, 0.15) is 40.0 Å². The topological polar surface area (TPSA) is 54.3 Å². The highest BCUT2D eigenvalue weighted by atomic mass is 16.5. The number of hydroxylamine groups is 1. The second kappa shape index (κ2) is 6.13. The molecule has 0 aliphatic heterocycles. The van der Waals surface area contributed by atoms with Crippen LogP contribution in [0.25, 0.3) is 10.9 Å². The molecular formula is C20H20N2O2. The maximum atomic E-state index is 12.2. The van der Waals surface area contributed by atoms with E-state index in [4.69, 9.17) is 5.21 Å². The van der Waals surface area contributed by atoms with Crippen LogP contribution < -0.4 is 5.48 Å². The number of hydrogen-bond donors (Lipinski definition) is 2. The lowest BCUT2D eigenvalue weighted by molar-refractivity contribution is 0.0708. The standard InChI is InChI=1S/C20H20N2O2/c23-20(21-24)17-11-6-10-16-15-9-4-5-12-18(15)22(19(16)17)13-14-7-2-1-3-8-14/h1-3,6-8,10-11,24H,4-5,9,12-13H2,(H,21,23). The van der Waals surface area contributed by atoms with Crippen molar-refractivity contribution in [2.45, 2.75) is 32.2 Å². The summed E-state index contributed by atoms with van der Waals surface area (Å²) < 4.78 is 2.27. The molecule has 1 aliphatic carbocycles. The van der Waals surface area contributed by atoms with E-state index >= 15 is 0 Å². The Kier molecular flexibility index (Phi) is 3.82. The van der Waals surface area contributed by atoms with Gasteiger partial charge in [0.25, 0.3) is 5.91 Å². The smallest absolute Gasteiger partial charge is 0.276 e. The lowest BCUT2D eigenvalue weighted by Gasteiger charge is -2.16. The van der Waals surface area contributed by atoms with Crippen molar-refractivity contribution in [1.29, 1.82) is 0 Å². The van der Waals surface area contributed by atoms with E-state index < -0.39 is 5.91 Å². The summed E-state index contributed by atoms with van der Waals surface area (Å²) in [4.78, 5) is 12.2. The molecule has 2 aromatic carbocycles. The molecule has 1 aromatic heterocycles. The van der Waals surface area contributed by atoms with Crippen molar-refractivity contribution >= 4 is 16.8 Å². The summed E-state index contributed by atoms with van der Waals surface area (Å²) in [6, 6.07) is 16.1. The van der Waals surface area contributed by atoms with Gasteiger partial charge in [0.2, 0.25) is 0 Å². The van der Waals surface area contributed by atoms with Gasteiger partial charge in [0.1, 0.15) is 0 Å². The number of fused-ring (bicyclic) bond motifs is 3. The van der Waals surface area contributed by atoms with E-state index in [2.05, 4.69) is 22.8 Å². The molecule has 0 bridgehead atoms. The molecule has 0 saturated carbocycles. The molecule has 4 rings (SSSR count). The SMILES string of the molecule is O=C(NO)c1cccc2c3c(n(Cc4ccccc4)c12)CCCC3. The van der Waals surface area contributed by atoms with Gasteiger partial charge in [-0.05, 0) is 42.9 Å². The maximum Gasteiger partial charge on any atom is 0.276 e.